The Morgan fingerprint density at radius 3 is 2.00 bits per heavy atom. The fraction of sp³-hybridized carbons (Fsp3) is 0.333. The van der Waals surface area contributed by atoms with E-state index in [1.165, 1.54) is 22.3 Å². The molecule has 4 rings (SSSR count). The van der Waals surface area contributed by atoms with E-state index in [1.807, 2.05) is 3.28 Å². The monoisotopic (exact) mass is 474 g/mol. The number of allylic oxidation sites excluding steroid dienone is 5. The van der Waals surface area contributed by atoms with E-state index in [9.17, 15) is 0 Å². The van der Waals surface area contributed by atoms with E-state index in [4.69, 9.17) is 0 Å². The number of aryl methyl sites for hydroxylation is 1. The topological polar surface area (TPSA) is 0 Å². The number of hydrogen-bond donors (Lipinski definition) is 0. The van der Waals surface area contributed by atoms with Crippen LogP contribution in [0.5, 0.6) is 0 Å². The average molecular weight is 476 g/mol. The van der Waals surface area contributed by atoms with Crippen LogP contribution in [0.1, 0.15) is 53.6 Å². The molecule has 2 heteroatoms. The van der Waals surface area contributed by atoms with E-state index in [0.29, 0.717) is 9.54 Å². The molecular weight excluding hydrogens is 444 g/mol. The third-order valence-electron chi connectivity index (χ3n) is 7.13. The van der Waals surface area contributed by atoms with E-state index in [2.05, 4.69) is 102 Å². The molecule has 2 aromatic rings. The van der Waals surface area contributed by atoms with E-state index in [0.717, 1.165) is 0 Å². The Morgan fingerprint density at radius 1 is 0.793 bits per heavy atom. The van der Waals surface area contributed by atoms with Crippen molar-refractivity contribution in [3.8, 4) is 0 Å². The summed E-state index contributed by atoms with van der Waals surface area (Å²) in [5, 5.41) is 0. The summed E-state index contributed by atoms with van der Waals surface area (Å²) >= 11 is -1.90. The molecule has 0 radical (unpaired) electrons. The Labute approximate surface area is 184 Å². The molecule has 0 aromatic heterocycles. The second-order valence-corrected chi connectivity index (χ2v) is 26.4. The van der Waals surface area contributed by atoms with Crippen LogP contribution in [0.15, 0.2) is 74.6 Å². The van der Waals surface area contributed by atoms with Crippen LogP contribution in [0.3, 0.4) is 0 Å². The first kappa shape index (κ1) is 21.0. The zero-order valence-electron chi connectivity index (χ0n) is 18.9. The van der Waals surface area contributed by atoms with Crippen LogP contribution < -0.4 is 0 Å². The van der Waals surface area contributed by atoms with Gasteiger partial charge in [-0.3, -0.25) is 0 Å². The Balaban J connectivity index is 1.93. The summed E-state index contributed by atoms with van der Waals surface area (Å²) in [6.45, 7) is 17.0. The summed E-state index contributed by atoms with van der Waals surface area (Å²) in [7, 11) is 0. The summed E-state index contributed by atoms with van der Waals surface area (Å²) in [5.74, 6) is 0.660. The first-order valence-electron chi connectivity index (χ1n) is 10.8. The van der Waals surface area contributed by atoms with E-state index in [-0.39, 0.29) is 5.43 Å². The molecule has 0 amide bonds. The molecule has 0 spiro atoms. The van der Waals surface area contributed by atoms with Crippen molar-refractivity contribution < 1.29 is 20.4 Å². The van der Waals surface area contributed by atoms with Crippen molar-refractivity contribution in [2.45, 2.75) is 51.3 Å². The zero-order chi connectivity index (χ0) is 20.9. The summed E-state index contributed by atoms with van der Waals surface area (Å²) < 4.78 is 2.58. The summed E-state index contributed by atoms with van der Waals surface area (Å²) in [6.07, 6.45) is 2.69. The molecule has 0 saturated carbocycles. The van der Waals surface area contributed by atoms with Gasteiger partial charge in [0.15, 0.2) is 0 Å². The van der Waals surface area contributed by atoms with Crippen LogP contribution in [-0.4, -0.2) is 5.43 Å². The van der Waals surface area contributed by atoms with E-state index < -0.39 is 20.4 Å². The minimum atomic E-state index is -1.90. The van der Waals surface area contributed by atoms with Crippen molar-refractivity contribution in [2.24, 2.45) is 5.92 Å². The number of fused-ring (bicyclic) bond motifs is 1. The van der Waals surface area contributed by atoms with Gasteiger partial charge in [-0.1, -0.05) is 0 Å². The standard InChI is InChI=1S/C16H13.C9H13.C2H6Si.Zr/c1-12-6-2-4-8-14(12)16-11-10-13-7-3-5-9-15(13)16;1-6-5-7(2)9(4)8(6)3;1-3-2;/h2-11H,1H3;6H,1-4H3;1-2H3;. The van der Waals surface area contributed by atoms with E-state index >= 15 is 0 Å². The molecule has 0 heterocycles. The molecule has 0 nitrogen and oxygen atoms in total. The average Bonchev–Trinajstić information content (AvgIpc) is 3.16. The van der Waals surface area contributed by atoms with Gasteiger partial charge in [0.1, 0.15) is 0 Å². The fourth-order valence-electron chi connectivity index (χ4n) is 5.26. The Kier molecular flexibility index (Phi) is 5.88. The van der Waals surface area contributed by atoms with Crippen LogP contribution in [0.25, 0.3) is 5.57 Å². The summed E-state index contributed by atoms with van der Waals surface area (Å²) in [6, 6.07) is 18.2. The van der Waals surface area contributed by atoms with Crippen LogP contribution in [0.4, 0.5) is 0 Å². The Morgan fingerprint density at radius 2 is 1.41 bits per heavy atom. The maximum atomic E-state index is 2.69. The molecule has 2 aliphatic rings. The van der Waals surface area contributed by atoms with Gasteiger partial charge in [-0.15, -0.1) is 0 Å². The quantitative estimate of drug-likeness (QED) is 0.401. The summed E-state index contributed by atoms with van der Waals surface area (Å²) in [5.41, 5.74) is 11.9. The second kappa shape index (κ2) is 8.12. The molecule has 2 aromatic carbocycles. The van der Waals surface area contributed by atoms with Crippen LogP contribution in [-0.2, 0) is 20.4 Å². The van der Waals surface area contributed by atoms with Gasteiger partial charge >= 0.3 is 185 Å². The predicted octanol–water partition coefficient (Wildman–Crippen LogP) is 7.61. The van der Waals surface area contributed by atoms with Gasteiger partial charge in [0, 0.05) is 0 Å². The predicted molar refractivity (Wildman–Crippen MR) is 125 cm³/mol. The van der Waals surface area contributed by atoms with Gasteiger partial charge in [-0.05, 0) is 0 Å². The van der Waals surface area contributed by atoms with Crippen molar-refractivity contribution in [3.63, 3.8) is 0 Å². The first-order chi connectivity index (χ1) is 13.8. The molecule has 0 N–H and O–H groups in total. The number of hydrogen-bond acceptors (Lipinski definition) is 0. The van der Waals surface area contributed by atoms with Crippen LogP contribution >= 0.6 is 0 Å². The third-order valence-corrected chi connectivity index (χ3v) is 25.7. The molecule has 0 fully saturated rings. The van der Waals surface area contributed by atoms with Gasteiger partial charge in [0.05, 0.1) is 0 Å². The van der Waals surface area contributed by atoms with Gasteiger partial charge in [-0.25, -0.2) is 0 Å². The van der Waals surface area contributed by atoms with Gasteiger partial charge < -0.3 is 0 Å². The molecule has 148 valence electrons. The van der Waals surface area contributed by atoms with Gasteiger partial charge in [-0.2, -0.15) is 0 Å². The first-order valence-corrected chi connectivity index (χ1v) is 19.6. The van der Waals surface area contributed by atoms with Crippen molar-refractivity contribution in [2.75, 3.05) is 0 Å². The van der Waals surface area contributed by atoms with Crippen molar-refractivity contribution >= 4 is 11.0 Å². The molecule has 2 aliphatic carbocycles. The van der Waals surface area contributed by atoms with Gasteiger partial charge in [0.2, 0.25) is 0 Å². The SMILES string of the molecule is CC1=C(C)C(C)[C]([Zr]([CH]2C=C(c3ccccc3C)c3ccccc32)=[Si](C)C)=C1C. The van der Waals surface area contributed by atoms with E-state index in [1.54, 1.807) is 22.3 Å². The number of benzene rings is 2. The summed E-state index contributed by atoms with van der Waals surface area (Å²) in [4.78, 5) is 0. The molecule has 0 aliphatic heterocycles. The second-order valence-electron chi connectivity index (χ2n) is 8.94. The Bertz CT molecular complexity index is 1120. The minimum absolute atomic E-state index is 0.339. The molecule has 0 bridgehead atoms. The van der Waals surface area contributed by atoms with Crippen molar-refractivity contribution in [1.82, 2.24) is 0 Å². The third kappa shape index (κ3) is 3.47. The molecule has 2 unspecified atom stereocenters. The Hall–Kier alpha value is -1.24. The van der Waals surface area contributed by atoms with Crippen molar-refractivity contribution in [1.29, 1.82) is 0 Å². The zero-order valence-corrected chi connectivity index (χ0v) is 22.3. The normalized spacial score (nSPS) is 20.9. The maximum absolute atomic E-state index is 2.69. The molecule has 2 atom stereocenters. The van der Waals surface area contributed by atoms with Gasteiger partial charge in [0.25, 0.3) is 0 Å². The molecule has 29 heavy (non-hydrogen) atoms. The van der Waals surface area contributed by atoms with Crippen LogP contribution in [0, 0.1) is 12.8 Å². The molecular formula is C27H32SiZr. The van der Waals surface area contributed by atoms with Crippen LogP contribution in [0.2, 0.25) is 13.1 Å². The van der Waals surface area contributed by atoms with Crippen molar-refractivity contribution in [3.05, 3.63) is 96.9 Å². The fourth-order valence-corrected chi connectivity index (χ4v) is 24.9. The molecule has 0 saturated heterocycles. The number of rotatable bonds is 3.